The van der Waals surface area contributed by atoms with Crippen LogP contribution in [0.4, 0.5) is 0 Å². The molecule has 0 atom stereocenters. The molecule has 5 nitrogen and oxygen atoms in total. The summed E-state index contributed by atoms with van der Waals surface area (Å²) in [4.78, 5) is 4.12. The zero-order valence-corrected chi connectivity index (χ0v) is 10.8. The van der Waals surface area contributed by atoms with E-state index in [0.29, 0.717) is 11.7 Å². The Morgan fingerprint density at radius 1 is 1.41 bits per heavy atom. The zero-order chi connectivity index (χ0) is 12.7. The Morgan fingerprint density at radius 3 is 2.76 bits per heavy atom. The Hall–Kier alpha value is -1.41. The molecule has 1 aromatic rings. The SMILES string of the molecule is Cc1noc(CCNCCCC(C)(C)C#N)n1. The van der Waals surface area contributed by atoms with Crippen molar-refractivity contribution < 1.29 is 4.52 Å². The molecule has 0 bridgehead atoms. The first-order valence-electron chi connectivity index (χ1n) is 5.95. The first kappa shape index (κ1) is 13.7. The summed E-state index contributed by atoms with van der Waals surface area (Å²) in [5.41, 5.74) is -0.217. The lowest BCUT2D eigenvalue weighted by atomic mass is 9.90. The second-order valence-corrected chi connectivity index (χ2v) is 4.83. The summed E-state index contributed by atoms with van der Waals surface area (Å²) in [6.45, 7) is 7.49. The number of nitrogens with one attached hydrogen (secondary N) is 1. The zero-order valence-electron chi connectivity index (χ0n) is 10.8. The Bertz CT molecular complexity index is 378. The van der Waals surface area contributed by atoms with Crippen LogP contribution in [0.2, 0.25) is 0 Å². The highest BCUT2D eigenvalue weighted by Crippen LogP contribution is 2.19. The molecule has 1 heterocycles. The largest absolute Gasteiger partial charge is 0.339 e. The molecule has 0 radical (unpaired) electrons. The van der Waals surface area contributed by atoms with Gasteiger partial charge in [-0.15, -0.1) is 0 Å². The van der Waals surface area contributed by atoms with Crippen LogP contribution >= 0.6 is 0 Å². The summed E-state index contributed by atoms with van der Waals surface area (Å²) in [6.07, 6.45) is 2.67. The smallest absolute Gasteiger partial charge is 0.227 e. The van der Waals surface area contributed by atoms with Crippen molar-refractivity contribution in [1.82, 2.24) is 15.5 Å². The molecule has 94 valence electrons. The summed E-state index contributed by atoms with van der Waals surface area (Å²) in [5.74, 6) is 1.35. The molecule has 0 aliphatic rings. The van der Waals surface area contributed by atoms with Crippen molar-refractivity contribution in [3.63, 3.8) is 0 Å². The van der Waals surface area contributed by atoms with Gasteiger partial charge < -0.3 is 9.84 Å². The number of nitriles is 1. The van der Waals surface area contributed by atoms with E-state index in [0.717, 1.165) is 32.4 Å². The van der Waals surface area contributed by atoms with Gasteiger partial charge in [-0.25, -0.2) is 0 Å². The fourth-order valence-corrected chi connectivity index (χ4v) is 1.47. The highest BCUT2D eigenvalue weighted by atomic mass is 16.5. The van der Waals surface area contributed by atoms with E-state index < -0.39 is 0 Å². The van der Waals surface area contributed by atoms with Crippen LogP contribution in [0, 0.1) is 23.7 Å². The van der Waals surface area contributed by atoms with Gasteiger partial charge in [0.05, 0.1) is 11.5 Å². The Morgan fingerprint density at radius 2 is 2.18 bits per heavy atom. The van der Waals surface area contributed by atoms with Crippen LogP contribution in [0.5, 0.6) is 0 Å². The van der Waals surface area contributed by atoms with Crippen LogP contribution in [0.25, 0.3) is 0 Å². The predicted octanol–water partition coefficient (Wildman–Crippen LogP) is 1.84. The van der Waals surface area contributed by atoms with E-state index in [9.17, 15) is 0 Å². The van der Waals surface area contributed by atoms with Gasteiger partial charge in [0.25, 0.3) is 0 Å². The summed E-state index contributed by atoms with van der Waals surface area (Å²) >= 11 is 0. The van der Waals surface area contributed by atoms with Crippen molar-refractivity contribution in [2.45, 2.75) is 40.0 Å². The van der Waals surface area contributed by atoms with Gasteiger partial charge in [-0.05, 0) is 40.2 Å². The quantitative estimate of drug-likeness (QED) is 0.731. The molecule has 0 unspecified atom stereocenters. The second kappa shape index (κ2) is 6.36. The fraction of sp³-hybridized carbons (Fsp3) is 0.750. The van der Waals surface area contributed by atoms with Gasteiger partial charge in [-0.3, -0.25) is 0 Å². The van der Waals surface area contributed by atoms with Gasteiger partial charge >= 0.3 is 0 Å². The minimum Gasteiger partial charge on any atom is -0.339 e. The number of nitrogens with zero attached hydrogens (tertiary/aromatic N) is 3. The van der Waals surface area contributed by atoms with Crippen LogP contribution in [0.15, 0.2) is 4.52 Å². The third kappa shape index (κ3) is 5.45. The van der Waals surface area contributed by atoms with Crippen LogP contribution < -0.4 is 5.32 Å². The minimum atomic E-state index is -0.217. The topological polar surface area (TPSA) is 74.7 Å². The number of rotatable bonds is 7. The average molecular weight is 236 g/mol. The molecule has 1 aromatic heterocycles. The Balaban J connectivity index is 2.04. The molecule has 5 heteroatoms. The monoisotopic (exact) mass is 236 g/mol. The van der Waals surface area contributed by atoms with Crippen LogP contribution in [-0.4, -0.2) is 23.2 Å². The van der Waals surface area contributed by atoms with Crippen LogP contribution in [0.3, 0.4) is 0 Å². The molecule has 0 saturated heterocycles. The molecule has 17 heavy (non-hydrogen) atoms. The van der Waals surface area contributed by atoms with E-state index >= 15 is 0 Å². The van der Waals surface area contributed by atoms with Gasteiger partial charge in [-0.2, -0.15) is 10.2 Å². The molecular weight excluding hydrogens is 216 g/mol. The van der Waals surface area contributed by atoms with Crippen molar-refractivity contribution in [2.75, 3.05) is 13.1 Å². The molecule has 0 aromatic carbocycles. The molecular formula is C12H20N4O. The Labute approximate surface area is 102 Å². The summed E-state index contributed by atoms with van der Waals surface area (Å²) < 4.78 is 5.00. The molecule has 0 spiro atoms. The maximum Gasteiger partial charge on any atom is 0.227 e. The van der Waals surface area contributed by atoms with Crippen LogP contribution in [0.1, 0.15) is 38.4 Å². The van der Waals surface area contributed by atoms with Gasteiger partial charge in [0.2, 0.25) is 5.89 Å². The fourth-order valence-electron chi connectivity index (χ4n) is 1.47. The normalized spacial score (nSPS) is 11.4. The van der Waals surface area contributed by atoms with E-state index in [1.807, 2.05) is 20.8 Å². The summed E-state index contributed by atoms with van der Waals surface area (Å²) in [6, 6.07) is 2.30. The lowest BCUT2D eigenvalue weighted by Crippen LogP contribution is -2.20. The molecule has 0 aliphatic heterocycles. The Kier molecular flexibility index (Phi) is 5.11. The molecule has 0 amide bonds. The number of aromatic nitrogens is 2. The average Bonchev–Trinajstić information content (AvgIpc) is 2.69. The van der Waals surface area contributed by atoms with E-state index in [1.54, 1.807) is 0 Å². The molecule has 1 N–H and O–H groups in total. The summed E-state index contributed by atoms with van der Waals surface area (Å²) in [5, 5.41) is 15.9. The van der Waals surface area contributed by atoms with E-state index in [2.05, 4.69) is 21.5 Å². The van der Waals surface area contributed by atoms with Crippen molar-refractivity contribution in [3.8, 4) is 6.07 Å². The van der Waals surface area contributed by atoms with Crippen molar-refractivity contribution in [2.24, 2.45) is 5.41 Å². The second-order valence-electron chi connectivity index (χ2n) is 4.83. The maximum absolute atomic E-state index is 8.85. The molecule has 0 fully saturated rings. The molecule has 0 saturated carbocycles. The number of hydrogen-bond acceptors (Lipinski definition) is 5. The molecule has 1 rings (SSSR count). The first-order chi connectivity index (χ1) is 8.03. The van der Waals surface area contributed by atoms with Gasteiger partial charge in [-0.1, -0.05) is 5.16 Å². The highest BCUT2D eigenvalue weighted by Gasteiger charge is 2.15. The third-order valence-electron chi connectivity index (χ3n) is 2.54. The van der Waals surface area contributed by atoms with Gasteiger partial charge in [0, 0.05) is 13.0 Å². The minimum absolute atomic E-state index is 0.217. The summed E-state index contributed by atoms with van der Waals surface area (Å²) in [7, 11) is 0. The maximum atomic E-state index is 8.85. The number of aryl methyl sites for hydroxylation is 1. The standard InChI is InChI=1S/C12H20N4O/c1-10-15-11(17-16-10)5-8-14-7-4-6-12(2,3)9-13/h14H,4-8H2,1-3H3. The van der Waals surface area contributed by atoms with Crippen molar-refractivity contribution in [3.05, 3.63) is 11.7 Å². The van der Waals surface area contributed by atoms with E-state index in [1.165, 1.54) is 0 Å². The third-order valence-corrected chi connectivity index (χ3v) is 2.54. The lowest BCUT2D eigenvalue weighted by Gasteiger charge is -2.14. The van der Waals surface area contributed by atoms with Crippen molar-refractivity contribution in [1.29, 1.82) is 5.26 Å². The first-order valence-corrected chi connectivity index (χ1v) is 5.95. The van der Waals surface area contributed by atoms with Crippen molar-refractivity contribution >= 4 is 0 Å². The van der Waals surface area contributed by atoms with E-state index in [4.69, 9.17) is 9.78 Å². The molecule has 0 aliphatic carbocycles. The lowest BCUT2D eigenvalue weighted by molar-refractivity contribution is 0.370. The van der Waals surface area contributed by atoms with Gasteiger partial charge in [0.15, 0.2) is 5.82 Å². The van der Waals surface area contributed by atoms with Crippen LogP contribution in [-0.2, 0) is 6.42 Å². The number of hydrogen-bond donors (Lipinski definition) is 1. The van der Waals surface area contributed by atoms with Gasteiger partial charge in [0.1, 0.15) is 0 Å². The van der Waals surface area contributed by atoms with E-state index in [-0.39, 0.29) is 5.41 Å². The highest BCUT2D eigenvalue weighted by molar-refractivity contribution is 4.91. The predicted molar refractivity (Wildman–Crippen MR) is 64.2 cm³/mol.